The molecular formula is C23H21BrN2O7. The lowest BCUT2D eigenvalue weighted by molar-refractivity contribution is -0.384. The van der Waals surface area contributed by atoms with Crippen molar-refractivity contribution in [1.29, 1.82) is 0 Å². The summed E-state index contributed by atoms with van der Waals surface area (Å²) < 4.78 is 0.798. The number of carbonyl (C=O) groups excluding carboxylic acids is 2. The maximum absolute atomic E-state index is 12.9. The summed E-state index contributed by atoms with van der Waals surface area (Å²) in [5, 5.41) is 30.6. The molecule has 1 fully saturated rings. The molecular weight excluding hydrogens is 496 g/mol. The van der Waals surface area contributed by atoms with Crippen molar-refractivity contribution in [2.24, 2.45) is 0 Å². The van der Waals surface area contributed by atoms with Crippen LogP contribution in [0.25, 0.3) is 5.76 Å². The van der Waals surface area contributed by atoms with E-state index in [1.165, 1.54) is 29.2 Å². The van der Waals surface area contributed by atoms with E-state index in [2.05, 4.69) is 15.9 Å². The summed E-state index contributed by atoms with van der Waals surface area (Å²) in [6, 6.07) is 11.2. The monoisotopic (exact) mass is 516 g/mol. The van der Waals surface area contributed by atoms with Crippen LogP contribution in [0, 0.1) is 10.1 Å². The van der Waals surface area contributed by atoms with Crippen LogP contribution in [0.15, 0.2) is 58.6 Å². The molecule has 1 aliphatic heterocycles. The highest BCUT2D eigenvalue weighted by molar-refractivity contribution is 9.10. The van der Waals surface area contributed by atoms with E-state index in [9.17, 15) is 29.6 Å². The van der Waals surface area contributed by atoms with Gasteiger partial charge in [0.05, 0.1) is 16.5 Å². The third-order valence-corrected chi connectivity index (χ3v) is 5.90. The van der Waals surface area contributed by atoms with Crippen molar-refractivity contribution in [2.75, 3.05) is 6.54 Å². The third kappa shape index (κ3) is 5.46. The van der Waals surface area contributed by atoms with Crippen LogP contribution >= 0.6 is 15.9 Å². The van der Waals surface area contributed by atoms with Crippen LogP contribution in [0.5, 0.6) is 0 Å². The third-order valence-electron chi connectivity index (χ3n) is 5.37. The predicted octanol–water partition coefficient (Wildman–Crippen LogP) is 4.42. The summed E-state index contributed by atoms with van der Waals surface area (Å²) in [7, 11) is 0. The number of nitrogens with zero attached hydrogens (tertiary/aromatic N) is 2. The molecule has 0 aliphatic carbocycles. The van der Waals surface area contributed by atoms with Crippen LogP contribution in [0.2, 0.25) is 0 Å². The maximum atomic E-state index is 12.9. The van der Waals surface area contributed by atoms with E-state index in [1.807, 2.05) is 0 Å². The summed E-state index contributed by atoms with van der Waals surface area (Å²) in [4.78, 5) is 48.2. The number of benzene rings is 2. The fraction of sp³-hybridized carbons (Fsp3) is 0.261. The maximum Gasteiger partial charge on any atom is 0.303 e. The number of rotatable bonds is 9. The topological polar surface area (TPSA) is 138 Å². The van der Waals surface area contributed by atoms with Gasteiger partial charge in [0.1, 0.15) is 5.76 Å². The Labute approximate surface area is 197 Å². The number of carboxylic acids is 1. The lowest BCUT2D eigenvalue weighted by Crippen LogP contribution is -2.30. The lowest BCUT2D eigenvalue weighted by Gasteiger charge is -2.25. The number of ketones is 1. The number of amides is 1. The Hall–Kier alpha value is -3.53. The fourth-order valence-corrected chi connectivity index (χ4v) is 4.00. The molecule has 0 saturated carbocycles. The van der Waals surface area contributed by atoms with Crippen molar-refractivity contribution < 1.29 is 29.5 Å². The van der Waals surface area contributed by atoms with Crippen LogP contribution in [0.3, 0.4) is 0 Å². The number of aliphatic carboxylic acids is 1. The van der Waals surface area contributed by atoms with Crippen LogP contribution < -0.4 is 0 Å². The summed E-state index contributed by atoms with van der Waals surface area (Å²) in [6.45, 7) is 0.210. The van der Waals surface area contributed by atoms with Gasteiger partial charge in [-0.2, -0.15) is 0 Å². The van der Waals surface area contributed by atoms with Gasteiger partial charge in [-0.05, 0) is 42.7 Å². The molecule has 9 nitrogen and oxygen atoms in total. The first-order valence-corrected chi connectivity index (χ1v) is 11.0. The number of Topliss-reactive ketones (excluding diaryl/α,β-unsaturated/α-hetero) is 1. The van der Waals surface area contributed by atoms with Gasteiger partial charge in [-0.15, -0.1) is 0 Å². The number of hydrogen-bond donors (Lipinski definition) is 2. The Morgan fingerprint density at radius 1 is 1.00 bits per heavy atom. The summed E-state index contributed by atoms with van der Waals surface area (Å²) >= 11 is 3.35. The average Bonchev–Trinajstić information content (AvgIpc) is 3.03. The van der Waals surface area contributed by atoms with Gasteiger partial charge in [-0.25, -0.2) is 0 Å². The minimum Gasteiger partial charge on any atom is -0.507 e. The number of aliphatic hydroxyl groups is 1. The van der Waals surface area contributed by atoms with E-state index in [0.717, 1.165) is 4.47 Å². The van der Waals surface area contributed by atoms with Crippen molar-refractivity contribution in [3.63, 3.8) is 0 Å². The second-order valence-electron chi connectivity index (χ2n) is 7.55. The molecule has 1 saturated heterocycles. The van der Waals surface area contributed by atoms with E-state index in [0.29, 0.717) is 24.8 Å². The predicted molar refractivity (Wildman–Crippen MR) is 122 cm³/mol. The zero-order valence-electron chi connectivity index (χ0n) is 17.4. The second-order valence-corrected chi connectivity index (χ2v) is 8.47. The minimum atomic E-state index is -0.895. The number of aliphatic hydroxyl groups excluding tert-OH is 1. The molecule has 10 heteroatoms. The number of carbonyl (C=O) groups is 3. The first kappa shape index (κ1) is 24.1. The van der Waals surface area contributed by atoms with Crippen LogP contribution in [0.1, 0.15) is 42.9 Å². The first-order chi connectivity index (χ1) is 15.7. The Morgan fingerprint density at radius 2 is 1.64 bits per heavy atom. The molecule has 2 aromatic rings. The van der Waals surface area contributed by atoms with Crippen LogP contribution in [-0.4, -0.2) is 44.2 Å². The van der Waals surface area contributed by atoms with E-state index < -0.39 is 34.4 Å². The van der Waals surface area contributed by atoms with Gasteiger partial charge in [0.15, 0.2) is 0 Å². The quantitative estimate of drug-likeness (QED) is 0.125. The van der Waals surface area contributed by atoms with Crippen molar-refractivity contribution in [1.82, 2.24) is 4.90 Å². The summed E-state index contributed by atoms with van der Waals surface area (Å²) in [5.74, 6) is -2.91. The summed E-state index contributed by atoms with van der Waals surface area (Å²) in [5.41, 5.74) is 0.535. The normalized spacial score (nSPS) is 17.4. The zero-order chi connectivity index (χ0) is 24.1. The van der Waals surface area contributed by atoms with Crippen molar-refractivity contribution in [2.45, 2.75) is 31.7 Å². The molecule has 0 spiro atoms. The van der Waals surface area contributed by atoms with Gasteiger partial charge in [0.25, 0.3) is 17.4 Å². The molecule has 1 heterocycles. The highest BCUT2D eigenvalue weighted by Crippen LogP contribution is 2.40. The molecule has 0 unspecified atom stereocenters. The number of unbranched alkanes of at least 4 members (excludes halogenated alkanes) is 2. The molecule has 0 bridgehead atoms. The first-order valence-electron chi connectivity index (χ1n) is 10.2. The summed E-state index contributed by atoms with van der Waals surface area (Å²) in [6.07, 6.45) is 1.52. The number of likely N-dealkylation sites (tertiary alicyclic amines) is 1. The Morgan fingerprint density at radius 3 is 2.21 bits per heavy atom. The molecule has 2 aromatic carbocycles. The average molecular weight is 517 g/mol. The van der Waals surface area contributed by atoms with Crippen LogP contribution in [-0.2, 0) is 14.4 Å². The van der Waals surface area contributed by atoms with Crippen molar-refractivity contribution in [3.8, 4) is 0 Å². The molecule has 1 atom stereocenters. The molecule has 0 aromatic heterocycles. The Balaban J connectivity index is 1.97. The number of nitro benzene ring substituents is 1. The van der Waals surface area contributed by atoms with Gasteiger partial charge in [-0.1, -0.05) is 34.5 Å². The van der Waals surface area contributed by atoms with Crippen LogP contribution in [0.4, 0.5) is 5.69 Å². The zero-order valence-corrected chi connectivity index (χ0v) is 19.0. The number of carboxylic acid groups (broad SMARTS) is 1. The minimum absolute atomic E-state index is 0.0229. The molecule has 1 aliphatic rings. The molecule has 2 N–H and O–H groups in total. The molecule has 33 heavy (non-hydrogen) atoms. The Kier molecular flexibility index (Phi) is 7.59. The van der Waals surface area contributed by atoms with E-state index in [-0.39, 0.29) is 29.8 Å². The van der Waals surface area contributed by atoms with E-state index in [1.54, 1.807) is 24.3 Å². The molecule has 0 radical (unpaired) electrons. The number of hydrogen-bond acceptors (Lipinski definition) is 6. The largest absolute Gasteiger partial charge is 0.507 e. The molecule has 172 valence electrons. The van der Waals surface area contributed by atoms with Crippen molar-refractivity contribution >= 4 is 45.0 Å². The highest BCUT2D eigenvalue weighted by Gasteiger charge is 2.45. The molecule has 3 rings (SSSR count). The molecule has 1 amide bonds. The van der Waals surface area contributed by atoms with E-state index >= 15 is 0 Å². The van der Waals surface area contributed by atoms with Crippen molar-refractivity contribution in [3.05, 3.63) is 79.8 Å². The number of nitro groups is 1. The van der Waals surface area contributed by atoms with E-state index in [4.69, 9.17) is 5.11 Å². The fourth-order valence-electron chi connectivity index (χ4n) is 3.73. The highest BCUT2D eigenvalue weighted by atomic mass is 79.9. The standard InChI is InChI=1S/C23H21BrN2O7/c24-16-9-5-14(6-10-16)20-19(21(29)15-7-11-17(12-8-15)26(32)33)22(30)23(31)25(20)13-3-1-2-4-18(27)28/h5-12,20,29H,1-4,13H2,(H,27,28)/b21-19+/t20-/m1/s1. The SMILES string of the molecule is O=C(O)CCCCCN1C(=O)C(=O)/C(=C(/O)c2ccc([N+](=O)[O-])cc2)[C@H]1c1ccc(Br)cc1. The van der Waals surface area contributed by atoms with Gasteiger partial charge in [0, 0.05) is 35.1 Å². The van der Waals surface area contributed by atoms with Gasteiger partial charge >= 0.3 is 5.97 Å². The lowest BCUT2D eigenvalue weighted by atomic mass is 9.95. The number of non-ortho nitro benzene ring substituents is 1. The second kappa shape index (κ2) is 10.4. The van der Waals surface area contributed by atoms with Gasteiger partial charge < -0.3 is 15.1 Å². The Bertz CT molecular complexity index is 1110. The van der Waals surface area contributed by atoms with Gasteiger partial charge in [-0.3, -0.25) is 24.5 Å². The smallest absolute Gasteiger partial charge is 0.303 e. The van der Waals surface area contributed by atoms with Gasteiger partial charge in [0.2, 0.25) is 0 Å². The number of halogens is 1.